The van der Waals surface area contributed by atoms with E-state index >= 15 is 0 Å². The van der Waals surface area contributed by atoms with Gasteiger partial charge in [-0.1, -0.05) is 54.1 Å². The molecule has 0 bridgehead atoms. The third kappa shape index (κ3) is 3.22. The van der Waals surface area contributed by atoms with Crippen LogP contribution in [0.4, 0.5) is 0 Å². The Kier molecular flexibility index (Phi) is 4.72. The highest BCUT2D eigenvalue weighted by molar-refractivity contribution is 6.34. The standard InChI is InChI=1S/C20H19ClN2O/c1-15-12-13-16(2)23(15)22(14-17-8-4-3-5-9-17)20(24)18-10-6-7-11-19(18)21/h3-13H,14H2,1-2H3. The van der Waals surface area contributed by atoms with E-state index in [1.807, 2.05) is 73.1 Å². The van der Waals surface area contributed by atoms with Crippen molar-refractivity contribution in [3.05, 3.63) is 94.3 Å². The van der Waals surface area contributed by atoms with Crippen LogP contribution in [-0.4, -0.2) is 10.6 Å². The molecule has 0 N–H and O–H groups in total. The molecule has 3 aromatic rings. The highest BCUT2D eigenvalue weighted by atomic mass is 35.5. The van der Waals surface area contributed by atoms with Crippen LogP contribution >= 0.6 is 11.6 Å². The lowest BCUT2D eigenvalue weighted by Gasteiger charge is -2.27. The Bertz CT molecular complexity index is 836. The largest absolute Gasteiger partial charge is 0.274 e. The number of rotatable bonds is 4. The lowest BCUT2D eigenvalue weighted by atomic mass is 10.2. The molecule has 0 unspecified atom stereocenters. The average Bonchev–Trinajstić information content (AvgIpc) is 2.92. The van der Waals surface area contributed by atoms with Gasteiger partial charge in [0.2, 0.25) is 0 Å². The van der Waals surface area contributed by atoms with Crippen molar-refractivity contribution < 1.29 is 4.79 Å². The van der Waals surface area contributed by atoms with Crippen molar-refractivity contribution in [1.29, 1.82) is 0 Å². The fourth-order valence-corrected chi connectivity index (χ4v) is 3.02. The van der Waals surface area contributed by atoms with Crippen LogP contribution in [-0.2, 0) is 6.54 Å². The molecule has 3 nitrogen and oxygen atoms in total. The van der Waals surface area contributed by atoms with Gasteiger partial charge < -0.3 is 0 Å². The Balaban J connectivity index is 2.05. The third-order valence-corrected chi connectivity index (χ3v) is 4.32. The SMILES string of the molecule is Cc1ccc(C)n1N(Cc1ccccc1)C(=O)c1ccccc1Cl. The number of hydrogen-bond acceptors (Lipinski definition) is 1. The molecule has 0 saturated carbocycles. The third-order valence-electron chi connectivity index (χ3n) is 3.99. The number of aromatic nitrogens is 1. The van der Waals surface area contributed by atoms with E-state index < -0.39 is 0 Å². The lowest BCUT2D eigenvalue weighted by molar-refractivity contribution is 0.0954. The molecule has 2 aromatic carbocycles. The zero-order chi connectivity index (χ0) is 17.1. The van der Waals surface area contributed by atoms with Crippen LogP contribution in [0.25, 0.3) is 0 Å². The maximum Gasteiger partial charge on any atom is 0.274 e. The Morgan fingerprint density at radius 2 is 1.50 bits per heavy atom. The van der Waals surface area contributed by atoms with E-state index in [0.29, 0.717) is 17.1 Å². The molecule has 0 fully saturated rings. The summed E-state index contributed by atoms with van der Waals surface area (Å²) in [5.41, 5.74) is 3.57. The first-order chi connectivity index (χ1) is 11.6. The second-order valence-corrected chi connectivity index (χ2v) is 6.16. The zero-order valence-corrected chi connectivity index (χ0v) is 14.5. The van der Waals surface area contributed by atoms with Crippen LogP contribution in [0.15, 0.2) is 66.7 Å². The van der Waals surface area contributed by atoms with E-state index in [9.17, 15) is 4.79 Å². The molecule has 0 saturated heterocycles. The topological polar surface area (TPSA) is 25.2 Å². The number of amides is 1. The maximum atomic E-state index is 13.2. The second kappa shape index (κ2) is 6.93. The van der Waals surface area contributed by atoms with Crippen LogP contribution in [0, 0.1) is 13.8 Å². The fraction of sp³-hybridized carbons (Fsp3) is 0.150. The van der Waals surface area contributed by atoms with Crippen molar-refractivity contribution in [1.82, 2.24) is 4.68 Å². The maximum absolute atomic E-state index is 13.2. The number of nitrogens with zero attached hydrogens (tertiary/aromatic N) is 2. The minimum atomic E-state index is -0.119. The molecule has 1 aromatic heterocycles. The van der Waals surface area contributed by atoms with Gasteiger partial charge in [-0.05, 0) is 43.7 Å². The summed E-state index contributed by atoms with van der Waals surface area (Å²) in [4.78, 5) is 13.2. The summed E-state index contributed by atoms with van der Waals surface area (Å²) in [5.74, 6) is -0.119. The van der Waals surface area contributed by atoms with Gasteiger partial charge >= 0.3 is 0 Å². The van der Waals surface area contributed by atoms with Crippen LogP contribution in [0.3, 0.4) is 0 Å². The molecule has 0 aliphatic rings. The van der Waals surface area contributed by atoms with Crippen molar-refractivity contribution in [3.8, 4) is 0 Å². The predicted octanol–water partition coefficient (Wildman–Crippen LogP) is 4.74. The molecule has 0 radical (unpaired) electrons. The van der Waals surface area contributed by atoms with Gasteiger partial charge in [-0.25, -0.2) is 5.01 Å². The summed E-state index contributed by atoms with van der Waals surface area (Å²) in [5, 5.41) is 2.20. The summed E-state index contributed by atoms with van der Waals surface area (Å²) in [6, 6.07) is 21.1. The second-order valence-electron chi connectivity index (χ2n) is 5.76. The van der Waals surface area contributed by atoms with E-state index in [4.69, 9.17) is 11.6 Å². The Morgan fingerprint density at radius 3 is 2.12 bits per heavy atom. The molecule has 1 heterocycles. The van der Waals surface area contributed by atoms with Crippen LogP contribution in [0.5, 0.6) is 0 Å². The molecular weight excluding hydrogens is 320 g/mol. The Morgan fingerprint density at radius 1 is 0.917 bits per heavy atom. The summed E-state index contributed by atoms with van der Waals surface area (Å²) < 4.78 is 1.94. The van der Waals surface area contributed by atoms with E-state index in [1.165, 1.54) is 0 Å². The van der Waals surface area contributed by atoms with Gasteiger partial charge in [0.25, 0.3) is 5.91 Å². The molecule has 3 rings (SSSR count). The minimum Gasteiger partial charge on any atom is -0.267 e. The smallest absolute Gasteiger partial charge is 0.267 e. The van der Waals surface area contributed by atoms with Gasteiger partial charge in [-0.15, -0.1) is 0 Å². The highest BCUT2D eigenvalue weighted by Crippen LogP contribution is 2.20. The summed E-state index contributed by atoms with van der Waals surface area (Å²) in [6.45, 7) is 4.46. The first-order valence-electron chi connectivity index (χ1n) is 7.83. The molecule has 4 heteroatoms. The molecule has 122 valence electrons. The normalized spacial score (nSPS) is 10.6. The van der Waals surface area contributed by atoms with Crippen molar-refractivity contribution in [2.24, 2.45) is 0 Å². The van der Waals surface area contributed by atoms with Gasteiger partial charge in [0.05, 0.1) is 17.1 Å². The van der Waals surface area contributed by atoms with Crippen LogP contribution < -0.4 is 5.01 Å². The van der Waals surface area contributed by atoms with Crippen molar-refractivity contribution in [3.63, 3.8) is 0 Å². The summed E-state index contributed by atoms with van der Waals surface area (Å²) in [6.07, 6.45) is 0. The number of benzene rings is 2. The van der Waals surface area contributed by atoms with E-state index in [-0.39, 0.29) is 5.91 Å². The average molecular weight is 339 g/mol. The Hall–Kier alpha value is -2.52. The predicted molar refractivity (Wildman–Crippen MR) is 98.1 cm³/mol. The Labute approximate surface area is 147 Å². The monoisotopic (exact) mass is 338 g/mol. The van der Waals surface area contributed by atoms with E-state index in [1.54, 1.807) is 17.1 Å². The molecule has 0 atom stereocenters. The van der Waals surface area contributed by atoms with Crippen molar-refractivity contribution in [2.45, 2.75) is 20.4 Å². The van der Waals surface area contributed by atoms with Gasteiger partial charge in [-0.3, -0.25) is 9.47 Å². The minimum absolute atomic E-state index is 0.119. The molecule has 0 spiro atoms. The number of halogens is 1. The van der Waals surface area contributed by atoms with E-state index in [0.717, 1.165) is 17.0 Å². The first-order valence-corrected chi connectivity index (χ1v) is 8.21. The van der Waals surface area contributed by atoms with E-state index in [2.05, 4.69) is 0 Å². The number of hydrogen-bond donors (Lipinski definition) is 0. The van der Waals surface area contributed by atoms with Crippen LogP contribution in [0.1, 0.15) is 27.3 Å². The summed E-state index contributed by atoms with van der Waals surface area (Å²) >= 11 is 6.25. The quantitative estimate of drug-likeness (QED) is 0.674. The lowest BCUT2D eigenvalue weighted by Crippen LogP contribution is -2.41. The number of carbonyl (C=O) groups excluding carboxylic acids is 1. The number of aryl methyl sites for hydroxylation is 2. The summed E-state index contributed by atoms with van der Waals surface area (Å²) in [7, 11) is 0. The molecule has 1 amide bonds. The molecule has 24 heavy (non-hydrogen) atoms. The molecule has 0 aliphatic carbocycles. The van der Waals surface area contributed by atoms with Crippen molar-refractivity contribution >= 4 is 17.5 Å². The van der Waals surface area contributed by atoms with Crippen molar-refractivity contribution in [2.75, 3.05) is 5.01 Å². The number of carbonyl (C=O) groups is 1. The van der Waals surface area contributed by atoms with Gasteiger partial charge in [0.15, 0.2) is 0 Å². The first kappa shape index (κ1) is 16.3. The molecule has 0 aliphatic heterocycles. The molecular formula is C20H19ClN2O. The fourth-order valence-electron chi connectivity index (χ4n) is 2.80. The highest BCUT2D eigenvalue weighted by Gasteiger charge is 2.22. The van der Waals surface area contributed by atoms with Gasteiger partial charge in [0, 0.05) is 11.4 Å². The van der Waals surface area contributed by atoms with Gasteiger partial charge in [-0.2, -0.15) is 0 Å². The van der Waals surface area contributed by atoms with Crippen LogP contribution in [0.2, 0.25) is 5.02 Å². The van der Waals surface area contributed by atoms with Gasteiger partial charge in [0.1, 0.15) is 0 Å². The zero-order valence-electron chi connectivity index (χ0n) is 13.7.